The van der Waals surface area contributed by atoms with E-state index >= 15 is 0 Å². The lowest BCUT2D eigenvalue weighted by molar-refractivity contribution is 0.233. The van der Waals surface area contributed by atoms with E-state index in [-0.39, 0.29) is 0 Å². The Morgan fingerprint density at radius 1 is 1.54 bits per heavy atom. The second-order valence-electron chi connectivity index (χ2n) is 2.44. The second kappa shape index (κ2) is 4.94. The van der Waals surface area contributed by atoms with Crippen LogP contribution in [0.5, 0.6) is 0 Å². The van der Waals surface area contributed by atoms with Gasteiger partial charge in [-0.15, -0.1) is 0 Å². The molecular formula is C7H14ClN5. The van der Waals surface area contributed by atoms with Crippen LogP contribution in [0.3, 0.4) is 0 Å². The van der Waals surface area contributed by atoms with Gasteiger partial charge in [0.1, 0.15) is 5.82 Å². The fourth-order valence-corrected chi connectivity index (χ4v) is 1.12. The molecule has 6 heteroatoms. The highest BCUT2D eigenvalue weighted by molar-refractivity contribution is 6.64. The molecule has 0 aromatic rings. The summed E-state index contributed by atoms with van der Waals surface area (Å²) in [7, 11) is 0. The zero-order valence-electron chi connectivity index (χ0n) is 7.76. The predicted octanol–water partition coefficient (Wildman–Crippen LogP) is 0.334. The molecule has 5 nitrogen and oxygen atoms in total. The van der Waals surface area contributed by atoms with Crippen molar-refractivity contribution in [2.75, 3.05) is 13.1 Å². The van der Waals surface area contributed by atoms with Gasteiger partial charge in [0.15, 0.2) is 0 Å². The number of aliphatic imine (C=N–C) groups is 1. The Morgan fingerprint density at radius 2 is 2.31 bits per heavy atom. The summed E-state index contributed by atoms with van der Waals surface area (Å²) in [5, 5.41) is 5.09. The van der Waals surface area contributed by atoms with E-state index in [1.807, 2.05) is 13.8 Å². The van der Waals surface area contributed by atoms with Gasteiger partial charge in [-0.1, -0.05) is 6.92 Å². The van der Waals surface area contributed by atoms with Crippen molar-refractivity contribution in [2.24, 2.45) is 4.99 Å². The number of hydrogen-bond donors (Lipinski definition) is 3. The van der Waals surface area contributed by atoms with Crippen LogP contribution in [-0.2, 0) is 0 Å². The fraction of sp³-hybridized carbons (Fsp3) is 0.571. The summed E-state index contributed by atoms with van der Waals surface area (Å²) < 4.78 is 0. The summed E-state index contributed by atoms with van der Waals surface area (Å²) in [4.78, 5) is 4.04. The zero-order valence-corrected chi connectivity index (χ0v) is 8.52. The maximum absolute atomic E-state index is 5.75. The minimum Gasteiger partial charge on any atom is -0.369 e. The molecule has 1 rings (SSSR count). The third-order valence-electron chi connectivity index (χ3n) is 1.37. The molecule has 1 aliphatic heterocycles. The number of amidine groups is 1. The first-order valence-corrected chi connectivity index (χ1v) is 4.63. The first kappa shape index (κ1) is 10.1. The fourth-order valence-electron chi connectivity index (χ4n) is 0.935. The molecule has 0 unspecified atom stereocenters. The van der Waals surface area contributed by atoms with Gasteiger partial charge in [-0.2, -0.15) is 4.99 Å². The van der Waals surface area contributed by atoms with Crippen LogP contribution in [0.2, 0.25) is 0 Å². The number of nitrogens with zero attached hydrogens (tertiary/aromatic N) is 2. The number of halogens is 1. The lowest BCUT2D eigenvalue weighted by Gasteiger charge is -2.25. The van der Waals surface area contributed by atoms with Gasteiger partial charge in [0.2, 0.25) is 5.29 Å². The Balaban J connectivity index is 2.58. The number of hydrazine groups is 2. The summed E-state index contributed by atoms with van der Waals surface area (Å²) in [5.41, 5.74) is 5.87. The average molecular weight is 204 g/mol. The van der Waals surface area contributed by atoms with Gasteiger partial charge in [0.25, 0.3) is 0 Å². The normalized spacial score (nSPS) is 16.1. The molecule has 1 heterocycles. The van der Waals surface area contributed by atoms with Crippen LogP contribution in [0.25, 0.3) is 0 Å². The van der Waals surface area contributed by atoms with Crippen molar-refractivity contribution in [3.8, 4) is 0 Å². The molecule has 0 spiro atoms. The zero-order chi connectivity index (χ0) is 9.68. The van der Waals surface area contributed by atoms with Crippen LogP contribution < -0.4 is 16.2 Å². The Hall–Kier alpha value is -0.940. The average Bonchev–Trinajstić information content (AvgIpc) is 2.04. The third-order valence-corrected chi connectivity index (χ3v) is 1.54. The molecule has 0 fully saturated rings. The van der Waals surface area contributed by atoms with E-state index in [9.17, 15) is 0 Å². The summed E-state index contributed by atoms with van der Waals surface area (Å²) in [5.74, 6) is 0.743. The maximum Gasteiger partial charge on any atom is 0.218 e. The molecule has 13 heavy (non-hydrogen) atoms. The van der Waals surface area contributed by atoms with Crippen molar-refractivity contribution >= 4 is 16.9 Å². The maximum atomic E-state index is 5.75. The highest BCUT2D eigenvalue weighted by Gasteiger charge is 2.08. The first-order valence-electron chi connectivity index (χ1n) is 4.25. The monoisotopic (exact) mass is 203 g/mol. The van der Waals surface area contributed by atoms with E-state index < -0.39 is 0 Å². The Labute approximate surface area is 82.8 Å². The minimum atomic E-state index is 0.347. The lowest BCUT2D eigenvalue weighted by atomic mass is 10.6. The van der Waals surface area contributed by atoms with Gasteiger partial charge in [-0.05, 0) is 18.5 Å². The standard InChI is InChI=1S/C7H14ClN5/c1-3-9-6-5-13(10-4-2)12-7(8)11-6/h5,9-10H,3-4H2,1-2H3,(H,11,12). The molecule has 0 saturated heterocycles. The molecule has 0 amide bonds. The number of nitrogens with one attached hydrogen (secondary N) is 3. The highest BCUT2D eigenvalue weighted by Crippen LogP contribution is 2.01. The summed E-state index contributed by atoms with van der Waals surface area (Å²) in [6.45, 7) is 5.64. The van der Waals surface area contributed by atoms with Crippen LogP contribution in [0, 0.1) is 0 Å². The Bertz CT molecular complexity index is 225. The van der Waals surface area contributed by atoms with Crippen molar-refractivity contribution in [1.82, 2.24) is 21.3 Å². The Kier molecular flexibility index (Phi) is 3.85. The van der Waals surface area contributed by atoms with E-state index in [2.05, 4.69) is 21.2 Å². The molecule has 0 atom stereocenters. The van der Waals surface area contributed by atoms with Gasteiger partial charge in [-0.3, -0.25) is 5.43 Å². The van der Waals surface area contributed by atoms with Crippen molar-refractivity contribution in [3.63, 3.8) is 0 Å². The number of hydrogen-bond acceptors (Lipinski definition) is 5. The Morgan fingerprint density at radius 3 is 2.92 bits per heavy atom. The predicted molar refractivity (Wildman–Crippen MR) is 53.7 cm³/mol. The van der Waals surface area contributed by atoms with Crippen molar-refractivity contribution in [3.05, 3.63) is 12.0 Å². The summed E-state index contributed by atoms with van der Waals surface area (Å²) in [6, 6.07) is 0. The van der Waals surface area contributed by atoms with Crippen LogP contribution in [-0.4, -0.2) is 23.5 Å². The van der Waals surface area contributed by atoms with E-state index in [0.29, 0.717) is 5.29 Å². The molecule has 0 aliphatic carbocycles. The second-order valence-corrected chi connectivity index (χ2v) is 2.80. The third kappa shape index (κ3) is 3.12. The van der Waals surface area contributed by atoms with Crippen LogP contribution in [0.4, 0.5) is 0 Å². The van der Waals surface area contributed by atoms with Gasteiger partial charge in [-0.25, -0.2) is 10.5 Å². The molecule has 0 aromatic heterocycles. The van der Waals surface area contributed by atoms with Crippen molar-refractivity contribution in [1.29, 1.82) is 0 Å². The molecule has 1 aliphatic rings. The largest absolute Gasteiger partial charge is 0.369 e. The lowest BCUT2D eigenvalue weighted by Crippen LogP contribution is -2.48. The summed E-state index contributed by atoms with van der Waals surface area (Å²) >= 11 is 5.75. The van der Waals surface area contributed by atoms with Crippen LogP contribution >= 0.6 is 11.6 Å². The highest BCUT2D eigenvalue weighted by atomic mass is 35.5. The van der Waals surface area contributed by atoms with Gasteiger partial charge in [0, 0.05) is 13.1 Å². The first-order chi connectivity index (χ1) is 6.26. The smallest absolute Gasteiger partial charge is 0.218 e. The molecule has 74 valence electrons. The van der Waals surface area contributed by atoms with E-state index in [1.165, 1.54) is 0 Å². The molecule has 0 aromatic carbocycles. The molecule has 3 N–H and O–H groups in total. The van der Waals surface area contributed by atoms with Gasteiger partial charge in [0.05, 0.1) is 6.20 Å². The minimum absolute atomic E-state index is 0.347. The van der Waals surface area contributed by atoms with Crippen LogP contribution in [0.1, 0.15) is 13.8 Å². The molecule has 0 radical (unpaired) electrons. The number of rotatable bonds is 4. The van der Waals surface area contributed by atoms with Crippen LogP contribution in [0.15, 0.2) is 17.0 Å². The van der Waals surface area contributed by atoms with E-state index in [1.54, 1.807) is 11.3 Å². The van der Waals surface area contributed by atoms with Crippen molar-refractivity contribution in [2.45, 2.75) is 13.8 Å². The van der Waals surface area contributed by atoms with Crippen molar-refractivity contribution < 1.29 is 0 Å². The van der Waals surface area contributed by atoms with E-state index in [4.69, 9.17) is 11.6 Å². The van der Waals surface area contributed by atoms with E-state index in [0.717, 1.165) is 18.9 Å². The van der Waals surface area contributed by atoms with Gasteiger partial charge < -0.3 is 5.32 Å². The molecule has 0 saturated carbocycles. The molecular weight excluding hydrogens is 190 g/mol. The van der Waals surface area contributed by atoms with Gasteiger partial charge >= 0.3 is 0 Å². The molecule has 0 bridgehead atoms. The quantitative estimate of drug-likeness (QED) is 0.577. The topological polar surface area (TPSA) is 51.7 Å². The summed E-state index contributed by atoms with van der Waals surface area (Å²) in [6.07, 6.45) is 1.80. The SMILES string of the molecule is CCNC1=CN(NCC)NC(Cl)=N1.